The lowest BCUT2D eigenvalue weighted by Gasteiger charge is -2.51. The number of hydrogen-bond donors (Lipinski definition) is 1. The van der Waals surface area contributed by atoms with Crippen molar-refractivity contribution in [2.75, 3.05) is 32.2 Å². The van der Waals surface area contributed by atoms with Gasteiger partial charge in [0.1, 0.15) is 42.4 Å². The lowest BCUT2D eigenvalue weighted by molar-refractivity contribution is -0.382. The van der Waals surface area contributed by atoms with Crippen molar-refractivity contribution >= 4 is 35.4 Å². The monoisotopic (exact) mass is 940 g/mol. The lowest BCUT2D eigenvalue weighted by atomic mass is 9.94. The van der Waals surface area contributed by atoms with Crippen molar-refractivity contribution in [3.05, 3.63) is 154 Å². The molecule has 4 aromatic carbocycles. The number of hydrogen-bond acceptors (Lipinski definition) is 15. The van der Waals surface area contributed by atoms with E-state index in [9.17, 15) is 24.3 Å². The van der Waals surface area contributed by atoms with Crippen LogP contribution in [0.2, 0.25) is 0 Å². The molecule has 11 atom stereocenters. The molecule has 0 bridgehead atoms. The first-order valence-electron chi connectivity index (χ1n) is 21.9. The van der Waals surface area contributed by atoms with Gasteiger partial charge in [0, 0.05) is 23.6 Å². The highest BCUT2D eigenvalue weighted by atomic mass is 35.5. The Morgan fingerprint density at radius 2 is 1.46 bits per heavy atom. The fourth-order valence-corrected chi connectivity index (χ4v) is 8.53. The number of imide groups is 1. The van der Waals surface area contributed by atoms with E-state index < -0.39 is 97.3 Å². The maximum Gasteiger partial charge on any atom is 0.338 e. The van der Waals surface area contributed by atoms with E-state index in [0.717, 1.165) is 10.5 Å². The van der Waals surface area contributed by atoms with Crippen LogP contribution in [0.4, 0.5) is 0 Å². The van der Waals surface area contributed by atoms with Crippen LogP contribution >= 0.6 is 11.6 Å². The Kier molecular flexibility index (Phi) is 16.3. The smallest absolute Gasteiger partial charge is 0.338 e. The minimum Gasteiger partial charge on any atom is -0.454 e. The number of halogens is 1. The van der Waals surface area contributed by atoms with Crippen molar-refractivity contribution in [2.24, 2.45) is 5.11 Å². The second kappa shape index (κ2) is 22.8. The third kappa shape index (κ3) is 11.2. The predicted octanol–water partition coefficient (Wildman–Crippen LogP) is 6.05. The summed E-state index contributed by atoms with van der Waals surface area (Å²) in [6.45, 7) is 0.149. The molecule has 0 aliphatic carbocycles. The highest BCUT2D eigenvalue weighted by molar-refractivity contribution is 6.26. The van der Waals surface area contributed by atoms with Gasteiger partial charge in [-0.3, -0.25) is 19.3 Å². The third-order valence-corrected chi connectivity index (χ3v) is 11.9. The zero-order valence-corrected chi connectivity index (χ0v) is 36.9. The second-order valence-corrected chi connectivity index (χ2v) is 16.3. The van der Waals surface area contributed by atoms with E-state index in [2.05, 4.69) is 10.0 Å². The van der Waals surface area contributed by atoms with E-state index in [1.54, 1.807) is 42.5 Å². The number of carbonyl (C=O) groups is 4. The number of alkyl halides is 1. The molecule has 1 unspecified atom stereocenters. The summed E-state index contributed by atoms with van der Waals surface area (Å²) < 4.78 is 57.0. The first-order valence-corrected chi connectivity index (χ1v) is 22.5. The number of aliphatic hydroxyl groups excluding tert-OH is 1. The average Bonchev–Trinajstić information content (AvgIpc) is 3.61. The first kappa shape index (κ1) is 47.7. The van der Waals surface area contributed by atoms with E-state index in [1.807, 2.05) is 48.5 Å². The van der Waals surface area contributed by atoms with Gasteiger partial charge in [0.05, 0.1) is 36.5 Å². The Morgan fingerprint density at radius 1 is 0.791 bits per heavy atom. The zero-order chi connectivity index (χ0) is 46.7. The number of aliphatic hydroxyl groups is 1. The van der Waals surface area contributed by atoms with Crippen LogP contribution in [-0.2, 0) is 54.0 Å². The molecule has 1 N–H and O–H groups in total. The minimum atomic E-state index is -1.77. The number of rotatable bonds is 19. The molecule has 4 aliphatic rings. The number of esters is 2. The fraction of sp³-hybridized carbons (Fsp3) is 0.417. The van der Waals surface area contributed by atoms with Gasteiger partial charge >= 0.3 is 11.9 Å². The molecular weight excluding hydrogens is 892 g/mol. The van der Waals surface area contributed by atoms with Crippen molar-refractivity contribution in [3.8, 4) is 0 Å². The molecule has 0 saturated carbocycles. The maximum absolute atomic E-state index is 14.2. The standard InChI is InChI=1S/C48H49ClN4O14/c49-25-36(54)64-41-40-35(28-61-46(67-40)31-19-9-3-10-20-31)63-48(42(41)65-45(58)30-17-7-2-8-18-30)66-39-34(27-59-26-29-15-5-1-6-16-29)62-47(60-24-14-4-13-23-51-52-50)37(38(39)55)53-43(56)32-21-11-12-22-33(32)44(53)57/h1-3,5-12,15-22,34-35,37-42,46-48,55H,4,13-14,23-28H2/t34-,35-,37-,38-,39-,40+,41+,42-,46?,47-,48-/m1/s1. The molecule has 0 aromatic heterocycles. The Morgan fingerprint density at radius 3 is 2.15 bits per heavy atom. The average molecular weight is 941 g/mol. The van der Waals surface area contributed by atoms with Gasteiger partial charge in [0.25, 0.3) is 11.8 Å². The van der Waals surface area contributed by atoms with Crippen molar-refractivity contribution < 1.29 is 66.9 Å². The van der Waals surface area contributed by atoms with Crippen LogP contribution < -0.4 is 0 Å². The molecule has 3 fully saturated rings. The molecule has 4 heterocycles. The Labute approximate surface area is 390 Å². The van der Waals surface area contributed by atoms with Crippen molar-refractivity contribution in [1.29, 1.82) is 0 Å². The predicted molar refractivity (Wildman–Crippen MR) is 235 cm³/mol. The fourth-order valence-electron chi connectivity index (χ4n) is 8.47. The molecule has 2 amide bonds. The van der Waals surface area contributed by atoms with E-state index in [-0.39, 0.29) is 49.7 Å². The molecule has 0 spiro atoms. The number of carbonyl (C=O) groups excluding carboxylic acids is 4. The van der Waals surface area contributed by atoms with E-state index >= 15 is 0 Å². The molecule has 3 saturated heterocycles. The van der Waals surface area contributed by atoms with Crippen LogP contribution in [0.1, 0.15) is 67.8 Å². The number of ether oxygens (including phenoxy) is 9. The molecule has 4 aromatic rings. The van der Waals surface area contributed by atoms with Gasteiger partial charge < -0.3 is 47.7 Å². The van der Waals surface area contributed by atoms with Gasteiger partial charge in [-0.1, -0.05) is 103 Å². The Balaban J connectivity index is 1.15. The van der Waals surface area contributed by atoms with Gasteiger partial charge in [-0.05, 0) is 48.2 Å². The molecule has 0 radical (unpaired) electrons. The summed E-state index contributed by atoms with van der Waals surface area (Å²) in [4.78, 5) is 59.1. The van der Waals surface area contributed by atoms with Crippen LogP contribution in [0, 0.1) is 0 Å². The topological polar surface area (TPSA) is 224 Å². The second-order valence-electron chi connectivity index (χ2n) is 16.1. The van der Waals surface area contributed by atoms with Crippen LogP contribution in [0.25, 0.3) is 10.4 Å². The van der Waals surface area contributed by atoms with Gasteiger partial charge in [0.15, 0.2) is 31.1 Å². The normalized spacial score (nSPS) is 27.9. The summed E-state index contributed by atoms with van der Waals surface area (Å²) in [6, 6.07) is 31.2. The summed E-state index contributed by atoms with van der Waals surface area (Å²) >= 11 is 6.00. The molecule has 19 heteroatoms. The SMILES string of the molecule is [N-]=[N+]=NCCCCCO[C@@H]1O[C@H](COCc2ccccc2)[C@@H](O[C@H]2O[C@@H]3COC(c4ccccc4)O[C@@H]3[C@H](OC(=O)CCl)[C@H]2OC(=O)c2ccccc2)[C@H](O)[C@H]1N1C(=O)c2ccccc2C1=O. The highest BCUT2D eigenvalue weighted by Gasteiger charge is 2.59. The molecular formula is C48H49ClN4O14. The molecule has 4 aliphatic heterocycles. The van der Waals surface area contributed by atoms with Crippen molar-refractivity contribution in [2.45, 2.75) is 93.5 Å². The summed E-state index contributed by atoms with van der Waals surface area (Å²) in [5.74, 6) is -3.66. The van der Waals surface area contributed by atoms with Gasteiger partial charge in [-0.15, -0.1) is 11.6 Å². The van der Waals surface area contributed by atoms with Crippen LogP contribution in [-0.4, -0.2) is 127 Å². The first-order chi connectivity index (χ1) is 32.7. The lowest BCUT2D eigenvalue weighted by Crippen LogP contribution is -2.69. The van der Waals surface area contributed by atoms with Crippen LogP contribution in [0.5, 0.6) is 0 Å². The minimum absolute atomic E-state index is 0.0698. The Bertz CT molecular complexity index is 2330. The van der Waals surface area contributed by atoms with Crippen molar-refractivity contribution in [1.82, 2.24) is 4.90 Å². The highest BCUT2D eigenvalue weighted by Crippen LogP contribution is 2.40. The summed E-state index contributed by atoms with van der Waals surface area (Å²) in [7, 11) is 0. The van der Waals surface area contributed by atoms with Gasteiger partial charge in [0.2, 0.25) is 0 Å². The summed E-state index contributed by atoms with van der Waals surface area (Å²) in [5, 5.41) is 16.3. The third-order valence-electron chi connectivity index (χ3n) is 11.7. The number of benzene rings is 4. The number of azide groups is 1. The maximum atomic E-state index is 14.2. The number of fused-ring (bicyclic) bond motifs is 2. The largest absolute Gasteiger partial charge is 0.454 e. The van der Waals surface area contributed by atoms with E-state index in [1.165, 1.54) is 24.3 Å². The quantitative estimate of drug-likeness (QED) is 0.0215. The molecule has 352 valence electrons. The van der Waals surface area contributed by atoms with E-state index in [4.69, 9.17) is 59.8 Å². The molecule has 67 heavy (non-hydrogen) atoms. The summed E-state index contributed by atoms with van der Waals surface area (Å²) in [5.41, 5.74) is 10.6. The molecule has 8 rings (SSSR count). The van der Waals surface area contributed by atoms with Gasteiger partial charge in [-0.25, -0.2) is 4.79 Å². The molecule has 18 nitrogen and oxygen atoms in total. The van der Waals surface area contributed by atoms with Gasteiger partial charge in [-0.2, -0.15) is 0 Å². The summed E-state index contributed by atoms with van der Waals surface area (Å²) in [6.07, 6.45) is -11.9. The van der Waals surface area contributed by atoms with Crippen LogP contribution in [0.3, 0.4) is 0 Å². The number of amides is 2. The zero-order valence-electron chi connectivity index (χ0n) is 36.1. The van der Waals surface area contributed by atoms with E-state index in [0.29, 0.717) is 24.8 Å². The number of unbranched alkanes of at least 4 members (excludes halogenated alkanes) is 2. The van der Waals surface area contributed by atoms with Crippen molar-refractivity contribution in [3.63, 3.8) is 0 Å². The Hall–Kier alpha value is -5.76. The number of nitrogens with zero attached hydrogens (tertiary/aromatic N) is 4. The van der Waals surface area contributed by atoms with Crippen LogP contribution in [0.15, 0.2) is 120 Å².